The van der Waals surface area contributed by atoms with E-state index in [0.29, 0.717) is 28.9 Å². The summed E-state index contributed by atoms with van der Waals surface area (Å²) >= 11 is 0. The van der Waals surface area contributed by atoms with Crippen LogP contribution in [0.3, 0.4) is 0 Å². The van der Waals surface area contributed by atoms with Crippen LogP contribution in [-0.2, 0) is 9.53 Å². The second kappa shape index (κ2) is 8.74. The molecule has 0 bridgehead atoms. The van der Waals surface area contributed by atoms with E-state index >= 15 is 0 Å². The van der Waals surface area contributed by atoms with Gasteiger partial charge in [-0.25, -0.2) is 4.79 Å². The molecule has 0 spiro atoms. The Morgan fingerprint density at radius 3 is 2.50 bits per heavy atom. The van der Waals surface area contributed by atoms with Crippen LogP contribution in [0.1, 0.15) is 30.9 Å². The molecule has 0 saturated carbocycles. The first-order valence-corrected chi connectivity index (χ1v) is 9.43. The first-order valence-electron chi connectivity index (χ1n) is 9.43. The van der Waals surface area contributed by atoms with E-state index in [1.165, 1.54) is 0 Å². The molecule has 3 rings (SSSR count). The number of esters is 1. The van der Waals surface area contributed by atoms with Crippen molar-refractivity contribution in [1.29, 1.82) is 0 Å². The molecule has 28 heavy (non-hydrogen) atoms. The van der Waals surface area contributed by atoms with E-state index in [4.69, 9.17) is 13.9 Å². The molecule has 0 saturated heterocycles. The smallest absolute Gasteiger partial charge is 0.344 e. The molecule has 5 nitrogen and oxygen atoms in total. The first-order chi connectivity index (χ1) is 13.5. The molecule has 5 heteroatoms. The van der Waals surface area contributed by atoms with E-state index in [1.807, 2.05) is 57.2 Å². The van der Waals surface area contributed by atoms with E-state index in [1.54, 1.807) is 6.07 Å². The van der Waals surface area contributed by atoms with Gasteiger partial charge >= 0.3 is 5.97 Å². The summed E-state index contributed by atoms with van der Waals surface area (Å²) in [5.41, 5.74) is 2.91. The van der Waals surface area contributed by atoms with Crippen molar-refractivity contribution in [2.75, 3.05) is 13.2 Å². The Morgan fingerprint density at radius 2 is 1.79 bits per heavy atom. The molecule has 0 fully saturated rings. The normalized spacial score (nSPS) is 10.8. The van der Waals surface area contributed by atoms with Crippen LogP contribution in [0.5, 0.6) is 5.75 Å². The van der Waals surface area contributed by atoms with Gasteiger partial charge in [0.05, 0.1) is 12.0 Å². The minimum absolute atomic E-state index is 0.0226. The Balaban J connectivity index is 2.03. The number of hydrogen-bond acceptors (Lipinski definition) is 5. The summed E-state index contributed by atoms with van der Waals surface area (Å²) in [6, 6.07) is 12.9. The van der Waals surface area contributed by atoms with Crippen molar-refractivity contribution in [1.82, 2.24) is 0 Å². The summed E-state index contributed by atoms with van der Waals surface area (Å²) in [6.07, 6.45) is 1.72. The van der Waals surface area contributed by atoms with Crippen LogP contribution in [-0.4, -0.2) is 19.2 Å². The Hall–Kier alpha value is -3.08. The van der Waals surface area contributed by atoms with Gasteiger partial charge in [-0.05, 0) is 43.5 Å². The van der Waals surface area contributed by atoms with Gasteiger partial charge in [-0.2, -0.15) is 0 Å². The number of ether oxygens (including phenoxy) is 2. The third kappa shape index (κ3) is 4.25. The topological polar surface area (TPSA) is 65.7 Å². The minimum atomic E-state index is -0.507. The highest BCUT2D eigenvalue weighted by Gasteiger charge is 2.19. The van der Waals surface area contributed by atoms with Crippen LogP contribution in [0.2, 0.25) is 0 Å². The van der Waals surface area contributed by atoms with Gasteiger partial charge in [-0.15, -0.1) is 0 Å². The zero-order chi connectivity index (χ0) is 20.1. The highest BCUT2D eigenvalue weighted by Crippen LogP contribution is 2.31. The van der Waals surface area contributed by atoms with Crippen molar-refractivity contribution in [3.8, 4) is 17.1 Å². The van der Waals surface area contributed by atoms with Gasteiger partial charge in [-0.1, -0.05) is 43.7 Å². The predicted molar refractivity (Wildman–Crippen MR) is 109 cm³/mol. The van der Waals surface area contributed by atoms with E-state index in [0.717, 1.165) is 24.0 Å². The fraction of sp³-hybridized carbons (Fsp3) is 0.304. The summed E-state index contributed by atoms with van der Waals surface area (Å²) in [5, 5.41) is 0.428. The fourth-order valence-electron chi connectivity index (χ4n) is 2.85. The second-order valence-corrected chi connectivity index (χ2v) is 6.75. The van der Waals surface area contributed by atoms with Gasteiger partial charge in [0.25, 0.3) is 0 Å². The minimum Gasteiger partial charge on any atom is -0.474 e. The molecule has 0 amide bonds. The molecule has 1 aromatic heterocycles. The number of benzene rings is 2. The molecule has 0 aliphatic heterocycles. The average Bonchev–Trinajstić information content (AvgIpc) is 2.69. The SMILES string of the molecule is CCCCOC(=O)COc1c(-c2ccccc2)oc2cc(C)c(C)cc2c1=O. The van der Waals surface area contributed by atoms with Crippen LogP contribution in [0, 0.1) is 13.8 Å². The maximum Gasteiger partial charge on any atom is 0.344 e. The Kier molecular flexibility index (Phi) is 6.14. The number of hydrogen-bond donors (Lipinski definition) is 0. The predicted octanol–water partition coefficient (Wildman–Crippen LogP) is 4.80. The molecule has 0 radical (unpaired) electrons. The number of rotatable bonds is 7. The zero-order valence-electron chi connectivity index (χ0n) is 16.4. The van der Waals surface area contributed by atoms with Crippen LogP contribution in [0.25, 0.3) is 22.3 Å². The number of aryl methyl sites for hydroxylation is 2. The first kappa shape index (κ1) is 19.7. The number of fused-ring (bicyclic) bond motifs is 1. The molecule has 2 aromatic carbocycles. The van der Waals surface area contributed by atoms with Gasteiger partial charge < -0.3 is 13.9 Å². The molecule has 0 aliphatic carbocycles. The van der Waals surface area contributed by atoms with E-state index < -0.39 is 5.97 Å². The highest BCUT2D eigenvalue weighted by atomic mass is 16.6. The van der Waals surface area contributed by atoms with Crippen molar-refractivity contribution in [2.24, 2.45) is 0 Å². The summed E-state index contributed by atoms with van der Waals surface area (Å²) in [4.78, 5) is 25.1. The standard InChI is InChI=1S/C23H24O5/c1-4-5-11-26-20(24)14-27-23-21(25)18-12-15(2)16(3)13-19(18)28-22(23)17-9-7-6-8-10-17/h6-10,12-13H,4-5,11,14H2,1-3H3. The summed E-state index contributed by atoms with van der Waals surface area (Å²) in [7, 11) is 0. The van der Waals surface area contributed by atoms with Gasteiger partial charge in [-0.3, -0.25) is 4.79 Å². The largest absolute Gasteiger partial charge is 0.474 e. The molecule has 146 valence electrons. The van der Waals surface area contributed by atoms with Crippen LogP contribution < -0.4 is 10.2 Å². The summed E-state index contributed by atoms with van der Waals surface area (Å²) < 4.78 is 16.8. The lowest BCUT2D eigenvalue weighted by Crippen LogP contribution is -2.19. The fourth-order valence-corrected chi connectivity index (χ4v) is 2.85. The number of carbonyl (C=O) groups is 1. The van der Waals surface area contributed by atoms with Gasteiger partial charge in [0.15, 0.2) is 12.4 Å². The lowest BCUT2D eigenvalue weighted by molar-refractivity contribution is -0.146. The van der Waals surface area contributed by atoms with Crippen LogP contribution >= 0.6 is 0 Å². The van der Waals surface area contributed by atoms with Gasteiger partial charge in [0.1, 0.15) is 5.58 Å². The Morgan fingerprint density at radius 1 is 1.07 bits per heavy atom. The van der Waals surface area contributed by atoms with Crippen molar-refractivity contribution >= 4 is 16.9 Å². The van der Waals surface area contributed by atoms with E-state index in [2.05, 4.69) is 0 Å². The molecular formula is C23H24O5. The summed E-state index contributed by atoms with van der Waals surface area (Å²) in [5.74, 6) is -0.177. The van der Waals surface area contributed by atoms with Crippen LogP contribution in [0.4, 0.5) is 0 Å². The number of unbranched alkanes of at least 4 members (excludes halogenated alkanes) is 1. The quantitative estimate of drug-likeness (QED) is 0.435. The molecule has 1 heterocycles. The maximum atomic E-state index is 13.1. The second-order valence-electron chi connectivity index (χ2n) is 6.75. The molecule has 0 unspecified atom stereocenters. The molecule has 0 atom stereocenters. The van der Waals surface area contributed by atoms with Crippen molar-refractivity contribution < 1.29 is 18.7 Å². The third-order valence-electron chi connectivity index (χ3n) is 4.60. The maximum absolute atomic E-state index is 13.1. The Bertz CT molecular complexity index is 1030. The number of carbonyl (C=O) groups excluding carboxylic acids is 1. The van der Waals surface area contributed by atoms with Crippen molar-refractivity contribution in [3.63, 3.8) is 0 Å². The lowest BCUT2D eigenvalue weighted by atomic mass is 10.0. The average molecular weight is 380 g/mol. The summed E-state index contributed by atoms with van der Waals surface area (Å²) in [6.45, 7) is 5.92. The highest BCUT2D eigenvalue weighted by molar-refractivity contribution is 5.83. The molecular weight excluding hydrogens is 356 g/mol. The third-order valence-corrected chi connectivity index (χ3v) is 4.60. The van der Waals surface area contributed by atoms with Gasteiger partial charge in [0, 0.05) is 5.56 Å². The Labute approximate surface area is 163 Å². The van der Waals surface area contributed by atoms with Crippen molar-refractivity contribution in [3.05, 3.63) is 63.8 Å². The lowest BCUT2D eigenvalue weighted by Gasteiger charge is -2.12. The molecule has 0 aliphatic rings. The van der Waals surface area contributed by atoms with Gasteiger partial charge in [0.2, 0.25) is 11.2 Å². The molecule has 0 N–H and O–H groups in total. The zero-order valence-corrected chi connectivity index (χ0v) is 16.4. The monoisotopic (exact) mass is 380 g/mol. The van der Waals surface area contributed by atoms with Crippen LogP contribution in [0.15, 0.2) is 51.7 Å². The van der Waals surface area contributed by atoms with E-state index in [9.17, 15) is 9.59 Å². The van der Waals surface area contributed by atoms with Crippen molar-refractivity contribution in [2.45, 2.75) is 33.6 Å². The van der Waals surface area contributed by atoms with E-state index in [-0.39, 0.29) is 17.8 Å². The molecule has 3 aromatic rings.